The van der Waals surface area contributed by atoms with Crippen LogP contribution >= 0.6 is 0 Å². The predicted molar refractivity (Wildman–Crippen MR) is 95.8 cm³/mol. The van der Waals surface area contributed by atoms with E-state index in [1.165, 1.54) is 25.3 Å². The summed E-state index contributed by atoms with van der Waals surface area (Å²) in [7, 11) is 0. The highest BCUT2D eigenvalue weighted by molar-refractivity contribution is 5.86. The molecule has 1 saturated carbocycles. The topological polar surface area (TPSA) is 104 Å². The number of anilines is 1. The number of aromatic amines is 1. The molecule has 4 rings (SSSR count). The fraction of sp³-hybridized carbons (Fsp3) is 0.222. The second kappa shape index (κ2) is 6.35. The third kappa shape index (κ3) is 3.35. The molecular weight excluding hydrogens is 318 g/mol. The monoisotopic (exact) mass is 335 g/mol. The Balaban J connectivity index is 1.59. The highest BCUT2D eigenvalue weighted by Gasteiger charge is 2.21. The summed E-state index contributed by atoms with van der Waals surface area (Å²) in [5.41, 5.74) is 1.81. The molecule has 2 aromatic heterocycles. The molecule has 0 saturated heterocycles. The van der Waals surface area contributed by atoms with E-state index in [-0.39, 0.29) is 11.6 Å². The molecule has 7 heteroatoms. The van der Waals surface area contributed by atoms with Crippen LogP contribution in [0.5, 0.6) is 11.8 Å². The number of rotatable bonds is 6. The number of fused-ring (bicyclic) bond motifs is 1. The molecule has 1 aliphatic carbocycles. The standard InChI is InChI=1S/C18H17N5O2/c19-8-12-7-13(3-4-15(12)21-9-11-1-2-11)25-18-22-16-10-20-6-5-14(16)17(24)23-18/h3-8,10-11,19,21H,1-2,9H2,(H,22,23,24). The molecule has 1 aromatic carbocycles. The van der Waals surface area contributed by atoms with Crippen molar-refractivity contribution in [2.75, 3.05) is 11.9 Å². The lowest BCUT2D eigenvalue weighted by Crippen LogP contribution is -2.09. The van der Waals surface area contributed by atoms with Gasteiger partial charge in [0.05, 0.1) is 17.1 Å². The summed E-state index contributed by atoms with van der Waals surface area (Å²) in [6.07, 6.45) is 6.88. The summed E-state index contributed by atoms with van der Waals surface area (Å²) in [5.74, 6) is 1.25. The lowest BCUT2D eigenvalue weighted by atomic mass is 10.1. The van der Waals surface area contributed by atoms with Gasteiger partial charge in [0.15, 0.2) is 0 Å². The quantitative estimate of drug-likeness (QED) is 0.601. The maximum absolute atomic E-state index is 12.1. The van der Waals surface area contributed by atoms with Crippen molar-refractivity contribution < 1.29 is 4.74 Å². The number of nitrogens with one attached hydrogen (secondary N) is 3. The van der Waals surface area contributed by atoms with Crippen LogP contribution in [0, 0.1) is 11.3 Å². The SMILES string of the molecule is N=Cc1cc(Oc2nc3cnccc3c(=O)[nH]2)ccc1NCC1CC1. The van der Waals surface area contributed by atoms with Crippen LogP contribution < -0.4 is 15.6 Å². The molecule has 126 valence electrons. The molecule has 2 heterocycles. The van der Waals surface area contributed by atoms with Crippen LogP contribution in [0.3, 0.4) is 0 Å². The number of H-pyrrole nitrogens is 1. The van der Waals surface area contributed by atoms with Gasteiger partial charge in [-0.3, -0.25) is 14.8 Å². The van der Waals surface area contributed by atoms with Gasteiger partial charge in [0.2, 0.25) is 0 Å². The third-order valence-electron chi connectivity index (χ3n) is 4.16. The number of nitrogens with zero attached hydrogens (tertiary/aromatic N) is 2. The number of hydrogen-bond acceptors (Lipinski definition) is 6. The predicted octanol–water partition coefficient (Wildman–Crippen LogP) is 2.93. The first-order valence-electron chi connectivity index (χ1n) is 8.13. The molecule has 0 unspecified atom stereocenters. The maximum Gasteiger partial charge on any atom is 0.302 e. The van der Waals surface area contributed by atoms with Crippen LogP contribution in [-0.2, 0) is 0 Å². The Labute approximate surface area is 143 Å². The van der Waals surface area contributed by atoms with Gasteiger partial charge >= 0.3 is 6.01 Å². The van der Waals surface area contributed by atoms with Crippen molar-refractivity contribution in [1.29, 1.82) is 5.41 Å². The molecule has 1 fully saturated rings. The maximum atomic E-state index is 12.1. The number of benzene rings is 1. The van der Waals surface area contributed by atoms with E-state index >= 15 is 0 Å². The molecule has 7 nitrogen and oxygen atoms in total. The minimum Gasteiger partial charge on any atom is -0.426 e. The first-order valence-corrected chi connectivity index (χ1v) is 8.13. The van der Waals surface area contributed by atoms with Crippen molar-refractivity contribution in [2.45, 2.75) is 12.8 Å². The average molecular weight is 335 g/mol. The first kappa shape index (κ1) is 15.3. The molecule has 3 N–H and O–H groups in total. The second-order valence-electron chi connectivity index (χ2n) is 6.08. The summed E-state index contributed by atoms with van der Waals surface area (Å²) in [6.45, 7) is 0.924. The van der Waals surface area contributed by atoms with Gasteiger partial charge in [-0.25, -0.2) is 0 Å². The van der Waals surface area contributed by atoms with Gasteiger partial charge in [0, 0.05) is 30.2 Å². The van der Waals surface area contributed by atoms with Crippen LogP contribution in [0.15, 0.2) is 41.5 Å². The number of pyridine rings is 1. The van der Waals surface area contributed by atoms with Gasteiger partial charge in [0.1, 0.15) is 5.75 Å². The molecule has 0 bridgehead atoms. The number of hydrogen-bond donors (Lipinski definition) is 3. The Morgan fingerprint density at radius 3 is 3.04 bits per heavy atom. The highest BCUT2D eigenvalue weighted by atomic mass is 16.5. The van der Waals surface area contributed by atoms with E-state index in [1.807, 2.05) is 6.07 Å². The van der Waals surface area contributed by atoms with E-state index in [9.17, 15) is 4.79 Å². The zero-order chi connectivity index (χ0) is 17.2. The summed E-state index contributed by atoms with van der Waals surface area (Å²) in [6, 6.07) is 7.11. The van der Waals surface area contributed by atoms with Gasteiger partial charge in [-0.15, -0.1) is 0 Å². The fourth-order valence-electron chi connectivity index (χ4n) is 2.59. The van der Waals surface area contributed by atoms with Crippen LogP contribution in [0.2, 0.25) is 0 Å². The van der Waals surface area contributed by atoms with Crippen molar-refractivity contribution in [2.24, 2.45) is 5.92 Å². The van der Waals surface area contributed by atoms with Crippen molar-refractivity contribution in [3.8, 4) is 11.8 Å². The van der Waals surface area contributed by atoms with Crippen molar-refractivity contribution in [3.05, 3.63) is 52.6 Å². The van der Waals surface area contributed by atoms with E-state index in [1.54, 1.807) is 24.4 Å². The molecule has 25 heavy (non-hydrogen) atoms. The van der Waals surface area contributed by atoms with Crippen molar-refractivity contribution in [3.63, 3.8) is 0 Å². The summed E-state index contributed by atoms with van der Waals surface area (Å²) >= 11 is 0. The Morgan fingerprint density at radius 2 is 2.24 bits per heavy atom. The Hall–Kier alpha value is -3.22. The molecule has 0 aliphatic heterocycles. The highest BCUT2D eigenvalue weighted by Crippen LogP contribution is 2.30. The number of aromatic nitrogens is 3. The van der Waals surface area contributed by atoms with E-state index in [2.05, 4.69) is 20.3 Å². The van der Waals surface area contributed by atoms with Crippen LogP contribution in [0.1, 0.15) is 18.4 Å². The van der Waals surface area contributed by atoms with E-state index < -0.39 is 0 Å². The normalized spacial score (nSPS) is 13.6. The van der Waals surface area contributed by atoms with Crippen LogP contribution in [0.25, 0.3) is 10.9 Å². The summed E-state index contributed by atoms with van der Waals surface area (Å²) in [5, 5.41) is 11.4. The van der Waals surface area contributed by atoms with Gasteiger partial charge in [-0.1, -0.05) is 0 Å². The second-order valence-corrected chi connectivity index (χ2v) is 6.08. The Morgan fingerprint density at radius 1 is 1.36 bits per heavy atom. The van der Waals surface area contributed by atoms with E-state index in [0.29, 0.717) is 16.7 Å². The molecule has 3 aromatic rings. The molecule has 0 atom stereocenters. The Kier molecular flexibility index (Phi) is 3.89. The number of ether oxygens (including phenoxy) is 1. The van der Waals surface area contributed by atoms with Gasteiger partial charge in [-0.2, -0.15) is 4.98 Å². The Bertz CT molecular complexity index is 994. The fourth-order valence-corrected chi connectivity index (χ4v) is 2.59. The smallest absolute Gasteiger partial charge is 0.302 e. The van der Waals surface area contributed by atoms with Crippen LogP contribution in [-0.4, -0.2) is 27.7 Å². The molecular formula is C18H17N5O2. The van der Waals surface area contributed by atoms with Crippen LogP contribution in [0.4, 0.5) is 5.69 Å². The zero-order valence-corrected chi connectivity index (χ0v) is 13.5. The van der Waals surface area contributed by atoms with Crippen molar-refractivity contribution >= 4 is 22.8 Å². The van der Waals surface area contributed by atoms with Crippen molar-refractivity contribution in [1.82, 2.24) is 15.0 Å². The first-order chi connectivity index (χ1) is 12.2. The van der Waals surface area contributed by atoms with E-state index in [4.69, 9.17) is 10.1 Å². The largest absolute Gasteiger partial charge is 0.426 e. The zero-order valence-electron chi connectivity index (χ0n) is 13.5. The lowest BCUT2D eigenvalue weighted by Gasteiger charge is -2.11. The molecule has 0 spiro atoms. The van der Waals surface area contributed by atoms with Gasteiger partial charge < -0.3 is 15.5 Å². The van der Waals surface area contributed by atoms with Gasteiger partial charge in [0.25, 0.3) is 5.56 Å². The molecule has 0 amide bonds. The third-order valence-corrected chi connectivity index (χ3v) is 4.16. The average Bonchev–Trinajstić information content (AvgIpc) is 3.45. The molecule has 0 radical (unpaired) electrons. The van der Waals surface area contributed by atoms with E-state index in [0.717, 1.165) is 23.7 Å². The summed E-state index contributed by atoms with van der Waals surface area (Å²) < 4.78 is 5.68. The molecule has 1 aliphatic rings. The van der Waals surface area contributed by atoms with Gasteiger partial charge in [-0.05, 0) is 43.0 Å². The minimum absolute atomic E-state index is 0.0973. The summed E-state index contributed by atoms with van der Waals surface area (Å²) in [4.78, 5) is 22.9. The minimum atomic E-state index is -0.280. The lowest BCUT2D eigenvalue weighted by molar-refractivity contribution is 0.442.